The fourth-order valence-corrected chi connectivity index (χ4v) is 2.96. The molecule has 1 atom stereocenters. The van der Waals surface area contributed by atoms with Gasteiger partial charge in [0.05, 0.1) is 12.6 Å². The molecular formula is C19H21FN2O2. The summed E-state index contributed by atoms with van der Waals surface area (Å²) < 4.78 is 14.0. The summed E-state index contributed by atoms with van der Waals surface area (Å²) in [5, 5.41) is 15.1. The van der Waals surface area contributed by atoms with Crippen molar-refractivity contribution in [3.63, 3.8) is 0 Å². The minimum atomic E-state index is -0.463. The molecule has 0 aliphatic heterocycles. The quantitative estimate of drug-likeness (QED) is 0.763. The lowest BCUT2D eigenvalue weighted by molar-refractivity contribution is 0.216. The Morgan fingerprint density at radius 2 is 1.79 bits per heavy atom. The van der Waals surface area contributed by atoms with E-state index in [2.05, 4.69) is 10.6 Å². The largest absolute Gasteiger partial charge is 0.394 e. The van der Waals surface area contributed by atoms with Crippen LogP contribution in [0.3, 0.4) is 0 Å². The van der Waals surface area contributed by atoms with Crippen molar-refractivity contribution in [2.45, 2.75) is 24.3 Å². The van der Waals surface area contributed by atoms with Gasteiger partial charge in [-0.2, -0.15) is 0 Å². The number of hydrogen-bond donors (Lipinski definition) is 3. The molecule has 1 fully saturated rings. The Morgan fingerprint density at radius 3 is 2.42 bits per heavy atom. The zero-order chi connectivity index (χ0) is 17.0. The number of amides is 2. The van der Waals surface area contributed by atoms with Crippen LogP contribution in [0.25, 0.3) is 0 Å². The molecule has 1 aliphatic carbocycles. The highest BCUT2D eigenvalue weighted by Gasteiger charge is 2.46. The minimum Gasteiger partial charge on any atom is -0.394 e. The third-order valence-electron chi connectivity index (χ3n) is 4.58. The fraction of sp³-hybridized carbons (Fsp3) is 0.316. The molecule has 126 valence electrons. The number of aliphatic hydroxyl groups excluding tert-OH is 1. The Kier molecular flexibility index (Phi) is 4.81. The van der Waals surface area contributed by atoms with Crippen LogP contribution in [0.15, 0.2) is 54.6 Å². The van der Waals surface area contributed by atoms with E-state index in [0.29, 0.717) is 12.1 Å². The lowest BCUT2D eigenvalue weighted by Crippen LogP contribution is -2.42. The van der Waals surface area contributed by atoms with Gasteiger partial charge in [-0.25, -0.2) is 9.18 Å². The first kappa shape index (κ1) is 16.5. The summed E-state index contributed by atoms with van der Waals surface area (Å²) in [4.78, 5) is 12.1. The summed E-state index contributed by atoms with van der Waals surface area (Å²) >= 11 is 0. The maximum absolute atomic E-state index is 14.0. The summed E-state index contributed by atoms with van der Waals surface area (Å²) in [7, 11) is 0. The summed E-state index contributed by atoms with van der Waals surface area (Å²) in [6.45, 7) is 0.197. The first-order chi connectivity index (χ1) is 11.6. The number of benzene rings is 2. The molecule has 0 aromatic heterocycles. The lowest BCUT2D eigenvalue weighted by atomic mass is 9.95. The first-order valence-corrected chi connectivity index (χ1v) is 8.10. The monoisotopic (exact) mass is 328 g/mol. The standard InChI is InChI=1S/C19H21FN2O2/c20-16-9-5-4-8-15(16)19(10-11-19)13-21-18(24)22-17(12-23)14-6-2-1-3-7-14/h1-9,17,23H,10-13H2,(H2,21,22,24). The van der Waals surface area contributed by atoms with Gasteiger partial charge in [-0.15, -0.1) is 0 Å². The van der Waals surface area contributed by atoms with E-state index >= 15 is 0 Å². The van der Waals surface area contributed by atoms with Crippen molar-refractivity contribution >= 4 is 6.03 Å². The molecule has 1 saturated carbocycles. The number of hydrogen-bond acceptors (Lipinski definition) is 2. The number of aliphatic hydroxyl groups is 1. The molecule has 24 heavy (non-hydrogen) atoms. The lowest BCUT2D eigenvalue weighted by Gasteiger charge is -2.20. The van der Waals surface area contributed by atoms with Gasteiger partial charge in [-0.1, -0.05) is 48.5 Å². The Balaban J connectivity index is 1.59. The second-order valence-electron chi connectivity index (χ2n) is 6.23. The summed E-state index contributed by atoms with van der Waals surface area (Å²) in [5.74, 6) is -0.227. The normalized spacial score (nSPS) is 16.2. The number of rotatable bonds is 6. The second kappa shape index (κ2) is 7.01. The van der Waals surface area contributed by atoms with Crippen LogP contribution < -0.4 is 10.6 Å². The van der Waals surface area contributed by atoms with Gasteiger partial charge >= 0.3 is 6.03 Å². The fourth-order valence-electron chi connectivity index (χ4n) is 2.96. The highest BCUT2D eigenvalue weighted by Crippen LogP contribution is 2.48. The first-order valence-electron chi connectivity index (χ1n) is 8.10. The van der Waals surface area contributed by atoms with Crippen LogP contribution >= 0.6 is 0 Å². The molecule has 0 heterocycles. The van der Waals surface area contributed by atoms with Crippen molar-refractivity contribution < 1.29 is 14.3 Å². The molecule has 0 saturated heterocycles. The summed E-state index contributed by atoms with van der Waals surface area (Å²) in [5.41, 5.74) is 1.20. The molecule has 3 N–H and O–H groups in total. The van der Waals surface area contributed by atoms with Gasteiger partial charge in [0.2, 0.25) is 0 Å². The van der Waals surface area contributed by atoms with Crippen LogP contribution in [-0.4, -0.2) is 24.3 Å². The Morgan fingerprint density at radius 1 is 1.12 bits per heavy atom. The van der Waals surface area contributed by atoms with Crippen molar-refractivity contribution in [2.75, 3.05) is 13.2 Å². The number of urea groups is 1. The Labute approximate surface area is 140 Å². The predicted octanol–water partition coefficient (Wildman–Crippen LogP) is 2.89. The third kappa shape index (κ3) is 3.57. The molecule has 2 amide bonds. The molecule has 1 aliphatic rings. The van der Waals surface area contributed by atoms with Gasteiger partial charge in [-0.05, 0) is 30.0 Å². The molecule has 5 heteroatoms. The Bertz CT molecular complexity index is 702. The van der Waals surface area contributed by atoms with Crippen LogP contribution in [0.4, 0.5) is 9.18 Å². The van der Waals surface area contributed by atoms with E-state index < -0.39 is 6.04 Å². The molecule has 2 aromatic rings. The topological polar surface area (TPSA) is 61.4 Å². The number of carbonyl (C=O) groups excluding carboxylic acids is 1. The van der Waals surface area contributed by atoms with Crippen molar-refractivity contribution in [3.8, 4) is 0 Å². The number of halogens is 1. The van der Waals surface area contributed by atoms with E-state index in [-0.39, 0.29) is 23.9 Å². The second-order valence-corrected chi connectivity index (χ2v) is 6.23. The molecule has 1 unspecified atom stereocenters. The maximum atomic E-state index is 14.0. The molecule has 0 spiro atoms. The van der Waals surface area contributed by atoms with Crippen molar-refractivity contribution in [1.29, 1.82) is 0 Å². The molecule has 0 radical (unpaired) electrons. The van der Waals surface area contributed by atoms with Gasteiger partial charge in [0.1, 0.15) is 5.82 Å². The Hall–Kier alpha value is -2.40. The molecule has 0 bridgehead atoms. The van der Waals surface area contributed by atoms with Crippen LogP contribution in [0, 0.1) is 5.82 Å². The summed E-state index contributed by atoms with van der Waals surface area (Å²) in [6.07, 6.45) is 1.71. The minimum absolute atomic E-state index is 0.185. The molecule has 4 nitrogen and oxygen atoms in total. The van der Waals surface area contributed by atoms with Crippen molar-refractivity contribution in [2.24, 2.45) is 0 Å². The van der Waals surface area contributed by atoms with Crippen molar-refractivity contribution in [1.82, 2.24) is 10.6 Å². The van der Waals surface area contributed by atoms with E-state index in [1.54, 1.807) is 12.1 Å². The number of carbonyl (C=O) groups is 1. The van der Waals surface area contributed by atoms with E-state index in [4.69, 9.17) is 0 Å². The average molecular weight is 328 g/mol. The highest BCUT2D eigenvalue weighted by molar-refractivity contribution is 5.74. The average Bonchev–Trinajstić information content (AvgIpc) is 3.40. The molecule has 3 rings (SSSR count). The van der Waals surface area contributed by atoms with Gasteiger partial charge in [0.15, 0.2) is 0 Å². The van der Waals surface area contributed by atoms with Gasteiger partial charge in [-0.3, -0.25) is 0 Å². The van der Waals surface area contributed by atoms with Gasteiger partial charge < -0.3 is 15.7 Å². The van der Waals surface area contributed by atoms with Crippen LogP contribution in [0.1, 0.15) is 30.0 Å². The van der Waals surface area contributed by atoms with E-state index in [1.165, 1.54) is 6.07 Å². The van der Waals surface area contributed by atoms with E-state index in [0.717, 1.165) is 18.4 Å². The highest BCUT2D eigenvalue weighted by atomic mass is 19.1. The number of nitrogens with one attached hydrogen (secondary N) is 2. The molecule has 2 aromatic carbocycles. The van der Waals surface area contributed by atoms with Crippen LogP contribution in [0.5, 0.6) is 0 Å². The van der Waals surface area contributed by atoms with E-state index in [1.807, 2.05) is 36.4 Å². The SMILES string of the molecule is O=C(NCC1(c2ccccc2F)CC1)NC(CO)c1ccccc1. The van der Waals surface area contributed by atoms with Crippen molar-refractivity contribution in [3.05, 3.63) is 71.5 Å². The van der Waals surface area contributed by atoms with Gasteiger partial charge in [0.25, 0.3) is 0 Å². The zero-order valence-corrected chi connectivity index (χ0v) is 13.3. The van der Waals surface area contributed by atoms with Gasteiger partial charge in [0, 0.05) is 12.0 Å². The van der Waals surface area contributed by atoms with Crippen LogP contribution in [0.2, 0.25) is 0 Å². The maximum Gasteiger partial charge on any atom is 0.315 e. The molecular weight excluding hydrogens is 307 g/mol. The smallest absolute Gasteiger partial charge is 0.315 e. The zero-order valence-electron chi connectivity index (χ0n) is 13.3. The third-order valence-corrected chi connectivity index (χ3v) is 4.58. The summed E-state index contributed by atoms with van der Waals surface area (Å²) in [6, 6.07) is 15.2. The van der Waals surface area contributed by atoms with E-state index in [9.17, 15) is 14.3 Å². The predicted molar refractivity (Wildman–Crippen MR) is 90.1 cm³/mol. The van der Waals surface area contributed by atoms with Crippen LogP contribution in [-0.2, 0) is 5.41 Å².